The Balaban J connectivity index is 1.63. The van der Waals surface area contributed by atoms with Crippen molar-refractivity contribution >= 4 is 17.5 Å². The molecule has 0 aliphatic rings. The molecule has 0 aliphatic carbocycles. The fourth-order valence-electron chi connectivity index (χ4n) is 2.78. The van der Waals surface area contributed by atoms with E-state index in [-0.39, 0.29) is 17.9 Å². The number of carbonyl (C=O) groups is 2. The maximum Gasteiger partial charge on any atom is 0.255 e. The van der Waals surface area contributed by atoms with Gasteiger partial charge >= 0.3 is 0 Å². The van der Waals surface area contributed by atoms with Gasteiger partial charge in [0.05, 0.1) is 13.2 Å². The largest absolute Gasteiger partial charge is 0.497 e. The van der Waals surface area contributed by atoms with Crippen molar-refractivity contribution in [1.82, 2.24) is 5.32 Å². The molecule has 28 heavy (non-hydrogen) atoms. The molecule has 2 N–H and O–H groups in total. The summed E-state index contributed by atoms with van der Waals surface area (Å²) < 4.78 is 5.15. The zero-order valence-electron chi connectivity index (χ0n) is 15.8. The summed E-state index contributed by atoms with van der Waals surface area (Å²) in [6.45, 7) is 1.93. The second-order valence-corrected chi connectivity index (χ2v) is 6.37. The lowest BCUT2D eigenvalue weighted by Crippen LogP contribution is -2.26. The minimum absolute atomic E-state index is 0.107. The lowest BCUT2D eigenvalue weighted by Gasteiger charge is -2.14. The topological polar surface area (TPSA) is 67.4 Å². The molecule has 0 fully saturated rings. The van der Waals surface area contributed by atoms with Crippen molar-refractivity contribution in [2.75, 3.05) is 12.4 Å². The van der Waals surface area contributed by atoms with E-state index >= 15 is 0 Å². The zero-order chi connectivity index (χ0) is 19.9. The van der Waals surface area contributed by atoms with Gasteiger partial charge in [0.15, 0.2) is 0 Å². The van der Waals surface area contributed by atoms with Gasteiger partial charge in [-0.05, 0) is 48.9 Å². The lowest BCUT2D eigenvalue weighted by atomic mass is 10.1. The van der Waals surface area contributed by atoms with Crippen molar-refractivity contribution < 1.29 is 14.3 Å². The van der Waals surface area contributed by atoms with Gasteiger partial charge in [-0.25, -0.2) is 0 Å². The summed E-state index contributed by atoms with van der Waals surface area (Å²) in [5, 5.41) is 5.78. The van der Waals surface area contributed by atoms with Crippen LogP contribution in [0.4, 0.5) is 5.69 Å². The molecule has 142 valence electrons. The number of methoxy groups -OCH3 is 1. The van der Waals surface area contributed by atoms with Crippen LogP contribution in [-0.2, 0) is 0 Å². The van der Waals surface area contributed by atoms with Crippen molar-refractivity contribution in [3.8, 4) is 5.75 Å². The first-order chi connectivity index (χ1) is 13.6. The summed E-state index contributed by atoms with van der Waals surface area (Å²) >= 11 is 0. The minimum Gasteiger partial charge on any atom is -0.497 e. The van der Waals surface area contributed by atoms with E-state index in [1.54, 1.807) is 55.6 Å². The molecule has 0 heterocycles. The van der Waals surface area contributed by atoms with Gasteiger partial charge in [0.2, 0.25) is 0 Å². The first kappa shape index (κ1) is 19.2. The van der Waals surface area contributed by atoms with E-state index in [9.17, 15) is 9.59 Å². The highest BCUT2D eigenvalue weighted by Gasteiger charge is 2.13. The third-order valence-corrected chi connectivity index (χ3v) is 4.38. The Kier molecular flexibility index (Phi) is 6.07. The molecule has 0 saturated carbocycles. The predicted octanol–water partition coefficient (Wildman–Crippen LogP) is 4.44. The predicted molar refractivity (Wildman–Crippen MR) is 110 cm³/mol. The molecule has 0 aliphatic heterocycles. The Bertz CT molecular complexity index is 953. The third-order valence-electron chi connectivity index (χ3n) is 4.38. The number of ether oxygens (including phenoxy) is 1. The maximum atomic E-state index is 12.4. The van der Waals surface area contributed by atoms with E-state index in [0.717, 1.165) is 5.56 Å². The fourth-order valence-corrected chi connectivity index (χ4v) is 2.78. The summed E-state index contributed by atoms with van der Waals surface area (Å²) in [6.07, 6.45) is 0. The van der Waals surface area contributed by atoms with E-state index in [0.29, 0.717) is 22.6 Å². The minimum atomic E-state index is -0.252. The van der Waals surface area contributed by atoms with Crippen LogP contribution in [0.25, 0.3) is 0 Å². The summed E-state index contributed by atoms with van der Waals surface area (Å²) in [5.74, 6) is 0.228. The number of carbonyl (C=O) groups excluding carboxylic acids is 2. The molecule has 3 rings (SSSR count). The lowest BCUT2D eigenvalue weighted by molar-refractivity contribution is 0.0938. The summed E-state index contributed by atoms with van der Waals surface area (Å²) in [4.78, 5) is 24.9. The molecule has 1 unspecified atom stereocenters. The molecular formula is C23H22N2O3. The summed E-state index contributed by atoms with van der Waals surface area (Å²) in [5.41, 5.74) is 2.64. The Morgan fingerprint density at radius 2 is 1.46 bits per heavy atom. The molecule has 2 amide bonds. The molecule has 1 atom stereocenters. The van der Waals surface area contributed by atoms with Gasteiger partial charge in [0.1, 0.15) is 5.75 Å². The zero-order valence-corrected chi connectivity index (χ0v) is 15.8. The highest BCUT2D eigenvalue weighted by molar-refractivity contribution is 6.05. The molecule has 0 aromatic heterocycles. The highest BCUT2D eigenvalue weighted by atomic mass is 16.5. The number of benzene rings is 3. The molecule has 3 aromatic rings. The van der Waals surface area contributed by atoms with Gasteiger partial charge in [0, 0.05) is 22.9 Å². The van der Waals surface area contributed by atoms with Crippen LogP contribution in [0.5, 0.6) is 5.75 Å². The number of nitrogens with one attached hydrogen (secondary N) is 2. The van der Waals surface area contributed by atoms with Crippen molar-refractivity contribution in [3.05, 3.63) is 95.6 Å². The number of anilines is 1. The van der Waals surface area contributed by atoms with Crippen molar-refractivity contribution in [3.63, 3.8) is 0 Å². The van der Waals surface area contributed by atoms with E-state index in [1.807, 2.05) is 37.3 Å². The van der Waals surface area contributed by atoms with Crippen molar-refractivity contribution in [1.29, 1.82) is 0 Å². The second-order valence-electron chi connectivity index (χ2n) is 6.37. The van der Waals surface area contributed by atoms with Crippen LogP contribution in [-0.4, -0.2) is 18.9 Å². The van der Waals surface area contributed by atoms with Crippen LogP contribution in [0.3, 0.4) is 0 Å². The first-order valence-electron chi connectivity index (χ1n) is 8.98. The van der Waals surface area contributed by atoms with Gasteiger partial charge in [-0.15, -0.1) is 0 Å². The molecule has 0 radical (unpaired) electrons. The van der Waals surface area contributed by atoms with Gasteiger partial charge in [-0.3, -0.25) is 9.59 Å². The SMILES string of the molecule is COc1cccc(NC(=O)c2ccc(C(=O)NC(C)c3ccccc3)cc2)c1. The van der Waals surface area contributed by atoms with Crippen molar-refractivity contribution in [2.24, 2.45) is 0 Å². The number of hydrogen-bond donors (Lipinski definition) is 2. The molecule has 5 nitrogen and oxygen atoms in total. The molecule has 5 heteroatoms. The van der Waals surface area contributed by atoms with Crippen LogP contribution in [0.15, 0.2) is 78.9 Å². The van der Waals surface area contributed by atoms with Crippen molar-refractivity contribution in [2.45, 2.75) is 13.0 Å². The molecule has 0 saturated heterocycles. The van der Waals surface area contributed by atoms with Crippen LogP contribution in [0.1, 0.15) is 39.2 Å². The van der Waals surface area contributed by atoms with Gasteiger partial charge in [0.25, 0.3) is 11.8 Å². The van der Waals surface area contributed by atoms with Crippen LogP contribution >= 0.6 is 0 Å². The van der Waals surface area contributed by atoms with Crippen LogP contribution in [0, 0.1) is 0 Å². The quantitative estimate of drug-likeness (QED) is 0.670. The standard InChI is InChI=1S/C23H22N2O3/c1-16(17-7-4-3-5-8-17)24-22(26)18-11-13-19(14-12-18)23(27)25-20-9-6-10-21(15-20)28-2/h3-16H,1-2H3,(H,24,26)(H,25,27). The Labute approximate surface area is 164 Å². The van der Waals surface area contributed by atoms with Gasteiger partial charge < -0.3 is 15.4 Å². The Hall–Kier alpha value is -3.60. The average molecular weight is 374 g/mol. The fraction of sp³-hybridized carbons (Fsp3) is 0.130. The average Bonchev–Trinajstić information content (AvgIpc) is 2.74. The Morgan fingerprint density at radius 1 is 0.821 bits per heavy atom. The van der Waals surface area contributed by atoms with E-state index in [2.05, 4.69) is 10.6 Å². The summed E-state index contributed by atoms with van der Waals surface area (Å²) in [7, 11) is 1.57. The smallest absolute Gasteiger partial charge is 0.255 e. The number of hydrogen-bond acceptors (Lipinski definition) is 3. The van der Waals surface area contributed by atoms with Crippen LogP contribution in [0.2, 0.25) is 0 Å². The highest BCUT2D eigenvalue weighted by Crippen LogP contribution is 2.18. The second kappa shape index (κ2) is 8.86. The number of amides is 2. The monoisotopic (exact) mass is 374 g/mol. The molecular weight excluding hydrogens is 352 g/mol. The van der Waals surface area contributed by atoms with E-state index in [1.165, 1.54) is 0 Å². The third kappa shape index (κ3) is 4.76. The number of rotatable bonds is 6. The van der Waals surface area contributed by atoms with Gasteiger partial charge in [-0.1, -0.05) is 36.4 Å². The molecule has 0 spiro atoms. The van der Waals surface area contributed by atoms with Crippen LogP contribution < -0.4 is 15.4 Å². The molecule has 3 aromatic carbocycles. The maximum absolute atomic E-state index is 12.4. The van der Waals surface area contributed by atoms with Gasteiger partial charge in [-0.2, -0.15) is 0 Å². The summed E-state index contributed by atoms with van der Waals surface area (Å²) in [6, 6.07) is 23.3. The van der Waals surface area contributed by atoms with E-state index < -0.39 is 0 Å². The first-order valence-corrected chi connectivity index (χ1v) is 8.98. The van der Waals surface area contributed by atoms with E-state index in [4.69, 9.17) is 4.74 Å². The molecule has 0 bridgehead atoms. The normalized spacial score (nSPS) is 11.4. The Morgan fingerprint density at radius 3 is 2.11 bits per heavy atom.